The number of anilines is 1. The first-order chi connectivity index (χ1) is 13.3. The monoisotopic (exact) mass is 404 g/mol. The van der Waals surface area contributed by atoms with E-state index in [0.29, 0.717) is 16.2 Å². The van der Waals surface area contributed by atoms with Crippen LogP contribution in [0, 0.1) is 13.8 Å². The maximum atomic E-state index is 12.4. The van der Waals surface area contributed by atoms with Gasteiger partial charge in [-0.1, -0.05) is 18.2 Å². The van der Waals surface area contributed by atoms with Crippen LogP contribution >= 0.6 is 11.3 Å². The number of rotatable bonds is 7. The summed E-state index contributed by atoms with van der Waals surface area (Å²) in [4.78, 5) is 38.9. The molecule has 2 rings (SSSR count). The molecule has 8 heteroatoms. The van der Waals surface area contributed by atoms with Crippen LogP contribution in [0.2, 0.25) is 0 Å². The number of carbonyl (C=O) groups excluding carboxylic acids is 3. The zero-order valence-corrected chi connectivity index (χ0v) is 17.4. The Labute approximate surface area is 168 Å². The second-order valence-electron chi connectivity index (χ2n) is 6.28. The fourth-order valence-electron chi connectivity index (χ4n) is 2.48. The van der Waals surface area contributed by atoms with Gasteiger partial charge in [0.2, 0.25) is 0 Å². The summed E-state index contributed by atoms with van der Waals surface area (Å²) in [5.74, 6) is -0.651. The van der Waals surface area contributed by atoms with Gasteiger partial charge in [-0.2, -0.15) is 0 Å². The molecule has 2 amide bonds. The molecule has 150 valence electrons. The maximum Gasteiger partial charge on any atom is 0.341 e. The van der Waals surface area contributed by atoms with Crippen LogP contribution in [0.25, 0.3) is 0 Å². The highest BCUT2D eigenvalue weighted by Crippen LogP contribution is 2.34. The molecule has 0 unspecified atom stereocenters. The number of esters is 1. The van der Waals surface area contributed by atoms with E-state index < -0.39 is 11.9 Å². The largest absolute Gasteiger partial charge is 0.483 e. The van der Waals surface area contributed by atoms with E-state index in [9.17, 15) is 14.4 Å². The Hall–Kier alpha value is -2.87. The number of nitrogens with one attached hydrogen (secondary N) is 1. The SMILES string of the molecule is CCOC(=O)c1c(NC(=O)COc2ccccc2C)sc(C(=O)N(C)C)c1C. The average molecular weight is 404 g/mol. The third kappa shape index (κ3) is 4.89. The van der Waals surface area contributed by atoms with Gasteiger partial charge < -0.3 is 19.7 Å². The zero-order valence-electron chi connectivity index (χ0n) is 16.6. The number of ether oxygens (including phenoxy) is 2. The summed E-state index contributed by atoms with van der Waals surface area (Å²) in [6.07, 6.45) is 0. The number of amides is 2. The Morgan fingerprint density at radius 1 is 1.14 bits per heavy atom. The van der Waals surface area contributed by atoms with Gasteiger partial charge in [-0.05, 0) is 38.0 Å². The van der Waals surface area contributed by atoms with Crippen molar-refractivity contribution in [1.82, 2.24) is 4.90 Å². The van der Waals surface area contributed by atoms with E-state index in [2.05, 4.69) is 5.32 Å². The number of nitrogens with zero attached hydrogens (tertiary/aromatic N) is 1. The van der Waals surface area contributed by atoms with Gasteiger partial charge in [0.25, 0.3) is 11.8 Å². The topological polar surface area (TPSA) is 84.9 Å². The smallest absolute Gasteiger partial charge is 0.341 e. The third-order valence-corrected chi connectivity index (χ3v) is 5.13. The summed E-state index contributed by atoms with van der Waals surface area (Å²) in [5, 5.41) is 2.95. The molecule has 0 fully saturated rings. The van der Waals surface area contributed by atoms with E-state index in [-0.39, 0.29) is 29.7 Å². The molecule has 2 aromatic rings. The summed E-state index contributed by atoms with van der Waals surface area (Å²) in [5.41, 5.74) is 1.59. The molecule has 0 radical (unpaired) electrons. The predicted molar refractivity (Wildman–Crippen MR) is 108 cm³/mol. The molecule has 1 aromatic carbocycles. The molecule has 1 N–H and O–H groups in total. The van der Waals surface area contributed by atoms with Crippen molar-refractivity contribution < 1.29 is 23.9 Å². The lowest BCUT2D eigenvalue weighted by Gasteiger charge is -2.10. The maximum absolute atomic E-state index is 12.4. The highest BCUT2D eigenvalue weighted by Gasteiger charge is 2.27. The van der Waals surface area contributed by atoms with Crippen molar-refractivity contribution >= 4 is 34.1 Å². The van der Waals surface area contributed by atoms with Crippen LogP contribution in [-0.4, -0.2) is 50.0 Å². The predicted octanol–water partition coefficient (Wildman–Crippen LogP) is 3.26. The fraction of sp³-hybridized carbons (Fsp3) is 0.350. The second-order valence-corrected chi connectivity index (χ2v) is 7.30. The Morgan fingerprint density at radius 3 is 2.43 bits per heavy atom. The number of aryl methyl sites for hydroxylation is 1. The summed E-state index contributed by atoms with van der Waals surface area (Å²) in [6.45, 7) is 5.21. The van der Waals surface area contributed by atoms with Crippen LogP contribution in [0.3, 0.4) is 0 Å². The van der Waals surface area contributed by atoms with Gasteiger partial charge in [0.15, 0.2) is 6.61 Å². The normalized spacial score (nSPS) is 10.3. The molecule has 0 saturated heterocycles. The van der Waals surface area contributed by atoms with Gasteiger partial charge in [-0.15, -0.1) is 11.3 Å². The lowest BCUT2D eigenvalue weighted by atomic mass is 10.1. The highest BCUT2D eigenvalue weighted by atomic mass is 32.1. The van der Waals surface area contributed by atoms with Crippen LogP contribution in [0.4, 0.5) is 5.00 Å². The van der Waals surface area contributed by atoms with Gasteiger partial charge >= 0.3 is 5.97 Å². The molecule has 1 aromatic heterocycles. The quantitative estimate of drug-likeness (QED) is 0.716. The van der Waals surface area contributed by atoms with Crippen molar-refractivity contribution in [2.75, 3.05) is 32.6 Å². The van der Waals surface area contributed by atoms with Crippen molar-refractivity contribution in [3.05, 3.63) is 45.8 Å². The molecule has 7 nitrogen and oxygen atoms in total. The molecule has 0 saturated carbocycles. The Morgan fingerprint density at radius 2 is 1.82 bits per heavy atom. The average Bonchev–Trinajstić information content (AvgIpc) is 2.96. The minimum absolute atomic E-state index is 0.189. The Bertz CT molecular complexity index is 889. The van der Waals surface area contributed by atoms with Gasteiger partial charge in [0, 0.05) is 14.1 Å². The first-order valence-electron chi connectivity index (χ1n) is 8.76. The number of hydrogen-bond donors (Lipinski definition) is 1. The van der Waals surface area contributed by atoms with Crippen molar-refractivity contribution in [3.8, 4) is 5.75 Å². The summed E-state index contributed by atoms with van der Waals surface area (Å²) in [6, 6.07) is 7.36. The van der Waals surface area contributed by atoms with E-state index in [0.717, 1.165) is 16.9 Å². The minimum atomic E-state index is -0.579. The molecule has 0 aliphatic carbocycles. The summed E-state index contributed by atoms with van der Waals surface area (Å²) < 4.78 is 10.6. The lowest BCUT2D eigenvalue weighted by Crippen LogP contribution is -2.21. The molecule has 0 aliphatic heterocycles. The molecule has 0 aliphatic rings. The highest BCUT2D eigenvalue weighted by molar-refractivity contribution is 7.18. The van der Waals surface area contributed by atoms with Crippen molar-refractivity contribution in [2.24, 2.45) is 0 Å². The summed E-state index contributed by atoms with van der Waals surface area (Å²) in [7, 11) is 3.25. The Kier molecular flexibility index (Phi) is 7.17. The van der Waals surface area contributed by atoms with Crippen LogP contribution in [0.5, 0.6) is 5.75 Å². The minimum Gasteiger partial charge on any atom is -0.483 e. The first kappa shape index (κ1) is 21.4. The van der Waals surface area contributed by atoms with Crippen LogP contribution in [0.1, 0.15) is 38.1 Å². The molecule has 28 heavy (non-hydrogen) atoms. The molecule has 0 atom stereocenters. The van der Waals surface area contributed by atoms with Crippen molar-refractivity contribution in [2.45, 2.75) is 20.8 Å². The van der Waals surface area contributed by atoms with Crippen LogP contribution < -0.4 is 10.1 Å². The van der Waals surface area contributed by atoms with E-state index in [4.69, 9.17) is 9.47 Å². The molecular weight excluding hydrogens is 380 g/mol. The number of hydrogen-bond acceptors (Lipinski definition) is 6. The van der Waals surface area contributed by atoms with Gasteiger partial charge in [-0.25, -0.2) is 4.79 Å². The number of carbonyl (C=O) groups is 3. The van der Waals surface area contributed by atoms with Gasteiger partial charge in [0.1, 0.15) is 10.8 Å². The van der Waals surface area contributed by atoms with E-state index in [1.54, 1.807) is 34.0 Å². The fourth-order valence-corrected chi connectivity index (χ4v) is 3.71. The van der Waals surface area contributed by atoms with Gasteiger partial charge in [0.05, 0.1) is 17.0 Å². The van der Waals surface area contributed by atoms with Crippen LogP contribution in [0.15, 0.2) is 24.3 Å². The Balaban J connectivity index is 2.24. The third-order valence-electron chi connectivity index (χ3n) is 3.93. The van der Waals surface area contributed by atoms with Crippen LogP contribution in [-0.2, 0) is 9.53 Å². The van der Waals surface area contributed by atoms with E-state index in [1.165, 1.54) is 4.90 Å². The first-order valence-corrected chi connectivity index (χ1v) is 9.58. The standard InChI is InChI=1S/C20H24N2O5S/c1-6-26-20(25)16-13(3)17(19(24)22(4)5)28-18(16)21-15(23)11-27-14-10-8-7-9-12(14)2/h7-10H,6,11H2,1-5H3,(H,21,23). The van der Waals surface area contributed by atoms with Crippen molar-refractivity contribution in [3.63, 3.8) is 0 Å². The van der Waals surface area contributed by atoms with Gasteiger partial charge in [-0.3, -0.25) is 9.59 Å². The molecule has 0 spiro atoms. The second kappa shape index (κ2) is 9.36. The number of thiophene rings is 1. The number of benzene rings is 1. The van der Waals surface area contributed by atoms with Crippen molar-refractivity contribution in [1.29, 1.82) is 0 Å². The van der Waals surface area contributed by atoms with E-state index >= 15 is 0 Å². The van der Waals surface area contributed by atoms with E-state index in [1.807, 2.05) is 25.1 Å². The summed E-state index contributed by atoms with van der Waals surface area (Å²) >= 11 is 1.05. The number of para-hydroxylation sites is 1. The molecule has 0 bridgehead atoms. The lowest BCUT2D eigenvalue weighted by molar-refractivity contribution is -0.118. The zero-order chi connectivity index (χ0) is 20.8. The molecule has 1 heterocycles. The molecular formula is C20H24N2O5S.